The first-order chi connectivity index (χ1) is 7.43. The van der Waals surface area contributed by atoms with E-state index in [1.165, 1.54) is 5.56 Å². The van der Waals surface area contributed by atoms with Crippen molar-refractivity contribution in [3.63, 3.8) is 0 Å². The first kappa shape index (κ1) is 13.1. The highest BCUT2D eigenvalue weighted by atomic mass is 32.2. The Morgan fingerprint density at radius 1 is 1.44 bits per heavy atom. The van der Waals surface area contributed by atoms with Crippen molar-refractivity contribution >= 4 is 17.7 Å². The number of aliphatic carboxylic acids is 1. The molecule has 3 N–H and O–H groups in total. The summed E-state index contributed by atoms with van der Waals surface area (Å²) in [6.07, 6.45) is 0. The van der Waals surface area contributed by atoms with Crippen LogP contribution in [-0.4, -0.2) is 22.9 Å². The maximum Gasteiger partial charge on any atom is 0.321 e. The number of hydrogen-bond donors (Lipinski definition) is 2. The second kappa shape index (κ2) is 5.37. The number of carboxylic acids is 1. The van der Waals surface area contributed by atoms with Crippen molar-refractivity contribution in [3.05, 3.63) is 35.9 Å². The maximum absolute atomic E-state index is 10.6. The highest BCUT2D eigenvalue weighted by Crippen LogP contribution is 2.35. The third-order valence-corrected chi connectivity index (χ3v) is 3.89. The van der Waals surface area contributed by atoms with Crippen LogP contribution >= 0.6 is 11.8 Å². The van der Waals surface area contributed by atoms with E-state index in [-0.39, 0.29) is 4.75 Å². The zero-order valence-corrected chi connectivity index (χ0v) is 10.3. The van der Waals surface area contributed by atoms with Crippen molar-refractivity contribution in [2.24, 2.45) is 5.73 Å². The van der Waals surface area contributed by atoms with Crippen LogP contribution in [-0.2, 0) is 9.54 Å². The topological polar surface area (TPSA) is 63.3 Å². The molecule has 0 aliphatic carbocycles. The fourth-order valence-corrected chi connectivity index (χ4v) is 2.33. The predicted molar refractivity (Wildman–Crippen MR) is 67.5 cm³/mol. The zero-order chi connectivity index (χ0) is 12.2. The minimum absolute atomic E-state index is 0.117. The Hall–Kier alpha value is -1.00. The second-order valence-corrected chi connectivity index (χ2v) is 5.77. The van der Waals surface area contributed by atoms with Crippen molar-refractivity contribution < 1.29 is 9.90 Å². The number of benzene rings is 1. The summed E-state index contributed by atoms with van der Waals surface area (Å²) in [5.41, 5.74) is 6.66. The number of rotatable bonds is 5. The van der Waals surface area contributed by atoms with Crippen LogP contribution in [0.5, 0.6) is 0 Å². The summed E-state index contributed by atoms with van der Waals surface area (Å²) in [6.45, 7) is 4.14. The average molecular weight is 239 g/mol. The van der Waals surface area contributed by atoms with E-state index < -0.39 is 12.0 Å². The van der Waals surface area contributed by atoms with Gasteiger partial charge in [-0.25, -0.2) is 0 Å². The molecule has 0 bridgehead atoms. The summed E-state index contributed by atoms with van der Waals surface area (Å²) in [5.74, 6) is -0.534. The molecule has 1 aromatic rings. The normalized spacial score (nSPS) is 13.4. The van der Waals surface area contributed by atoms with Gasteiger partial charge in [0.05, 0.1) is 0 Å². The van der Waals surface area contributed by atoms with E-state index in [0.29, 0.717) is 5.75 Å². The van der Waals surface area contributed by atoms with Crippen molar-refractivity contribution in [3.8, 4) is 0 Å². The molecule has 1 unspecified atom stereocenters. The SMILES string of the molecule is CC(C)(SCC(N)C(=O)O)c1ccccc1. The molecule has 1 atom stereocenters. The molecule has 3 nitrogen and oxygen atoms in total. The fourth-order valence-electron chi connectivity index (χ4n) is 1.29. The highest BCUT2D eigenvalue weighted by Gasteiger charge is 2.23. The summed E-state index contributed by atoms with van der Waals surface area (Å²) in [4.78, 5) is 10.6. The van der Waals surface area contributed by atoms with Crippen molar-refractivity contribution in [2.45, 2.75) is 24.6 Å². The number of carboxylic acid groups (broad SMARTS) is 1. The Balaban J connectivity index is 2.62. The van der Waals surface area contributed by atoms with Crippen molar-refractivity contribution in [1.29, 1.82) is 0 Å². The lowest BCUT2D eigenvalue weighted by Gasteiger charge is -2.25. The number of thioether (sulfide) groups is 1. The van der Waals surface area contributed by atoms with Gasteiger partial charge in [0.1, 0.15) is 6.04 Å². The molecule has 1 rings (SSSR count). The van der Waals surface area contributed by atoms with E-state index in [0.717, 1.165) is 0 Å². The molecular weight excluding hydrogens is 222 g/mol. The van der Waals surface area contributed by atoms with E-state index in [1.807, 2.05) is 30.3 Å². The van der Waals surface area contributed by atoms with Gasteiger partial charge in [0.15, 0.2) is 0 Å². The first-order valence-electron chi connectivity index (χ1n) is 5.11. The molecule has 0 fully saturated rings. The third kappa shape index (κ3) is 3.54. The molecule has 0 amide bonds. The molecular formula is C12H17NO2S. The van der Waals surface area contributed by atoms with Gasteiger partial charge in [-0.15, -0.1) is 11.8 Å². The van der Waals surface area contributed by atoms with Crippen LogP contribution in [0.25, 0.3) is 0 Å². The van der Waals surface area contributed by atoms with Gasteiger partial charge in [-0.1, -0.05) is 30.3 Å². The first-order valence-corrected chi connectivity index (χ1v) is 6.10. The van der Waals surface area contributed by atoms with Crippen LogP contribution < -0.4 is 5.73 Å². The predicted octanol–water partition coefficient (Wildman–Crippen LogP) is 2.07. The standard InChI is InChI=1S/C12H17NO2S/c1-12(2,9-6-4-3-5-7-9)16-8-10(13)11(14)15/h3-7,10H,8,13H2,1-2H3,(H,14,15). The number of hydrogen-bond acceptors (Lipinski definition) is 3. The molecule has 0 aliphatic heterocycles. The van der Waals surface area contributed by atoms with Gasteiger partial charge in [0.25, 0.3) is 0 Å². The van der Waals surface area contributed by atoms with Crippen LogP contribution in [0, 0.1) is 0 Å². The largest absolute Gasteiger partial charge is 0.480 e. The Labute approximate surface area is 100 Å². The van der Waals surface area contributed by atoms with Crippen LogP contribution in [0.2, 0.25) is 0 Å². The van der Waals surface area contributed by atoms with Gasteiger partial charge >= 0.3 is 5.97 Å². The summed E-state index contributed by atoms with van der Waals surface area (Å²) in [7, 11) is 0. The van der Waals surface area contributed by atoms with Gasteiger partial charge < -0.3 is 10.8 Å². The fraction of sp³-hybridized carbons (Fsp3) is 0.417. The van der Waals surface area contributed by atoms with Crippen LogP contribution in [0.1, 0.15) is 19.4 Å². The number of nitrogens with two attached hydrogens (primary N) is 1. The van der Waals surface area contributed by atoms with Gasteiger partial charge in [0.2, 0.25) is 0 Å². The monoisotopic (exact) mass is 239 g/mol. The summed E-state index contributed by atoms with van der Waals surface area (Å²) in [5, 5.41) is 8.71. The van der Waals surface area contributed by atoms with Gasteiger partial charge in [0, 0.05) is 10.5 Å². The Bertz CT molecular complexity index is 351. The molecule has 0 saturated carbocycles. The zero-order valence-electron chi connectivity index (χ0n) is 9.51. The molecule has 16 heavy (non-hydrogen) atoms. The molecule has 0 radical (unpaired) electrons. The van der Waals surface area contributed by atoms with E-state index in [2.05, 4.69) is 13.8 Å². The van der Waals surface area contributed by atoms with Crippen LogP contribution in [0.15, 0.2) is 30.3 Å². The summed E-state index contributed by atoms with van der Waals surface area (Å²) >= 11 is 1.56. The van der Waals surface area contributed by atoms with E-state index in [4.69, 9.17) is 10.8 Å². The molecule has 0 spiro atoms. The minimum atomic E-state index is -0.948. The van der Waals surface area contributed by atoms with Crippen molar-refractivity contribution in [1.82, 2.24) is 0 Å². The quantitative estimate of drug-likeness (QED) is 0.825. The second-order valence-electron chi connectivity index (χ2n) is 4.13. The van der Waals surface area contributed by atoms with Gasteiger partial charge in [-0.05, 0) is 19.4 Å². The van der Waals surface area contributed by atoms with Crippen LogP contribution in [0.3, 0.4) is 0 Å². The molecule has 1 aromatic carbocycles. The molecule has 0 saturated heterocycles. The Morgan fingerprint density at radius 2 is 2.00 bits per heavy atom. The number of carbonyl (C=O) groups is 1. The molecule has 88 valence electrons. The van der Waals surface area contributed by atoms with E-state index in [1.54, 1.807) is 11.8 Å². The third-order valence-electron chi connectivity index (χ3n) is 2.41. The molecule has 0 aromatic heterocycles. The van der Waals surface area contributed by atoms with E-state index in [9.17, 15) is 4.79 Å². The molecule has 4 heteroatoms. The minimum Gasteiger partial charge on any atom is -0.480 e. The van der Waals surface area contributed by atoms with E-state index >= 15 is 0 Å². The van der Waals surface area contributed by atoms with Gasteiger partial charge in [-0.3, -0.25) is 4.79 Å². The Kier molecular flexibility index (Phi) is 4.38. The average Bonchev–Trinajstić information content (AvgIpc) is 2.27. The molecule has 0 aliphatic rings. The van der Waals surface area contributed by atoms with Crippen molar-refractivity contribution in [2.75, 3.05) is 5.75 Å². The summed E-state index contributed by atoms with van der Waals surface area (Å²) in [6, 6.07) is 9.21. The Morgan fingerprint density at radius 3 is 2.50 bits per heavy atom. The smallest absolute Gasteiger partial charge is 0.321 e. The lowest BCUT2D eigenvalue weighted by Crippen LogP contribution is -2.34. The lowest BCUT2D eigenvalue weighted by molar-refractivity contribution is -0.137. The highest BCUT2D eigenvalue weighted by molar-refractivity contribution is 8.00. The maximum atomic E-state index is 10.6. The van der Waals surface area contributed by atoms with Gasteiger partial charge in [-0.2, -0.15) is 0 Å². The van der Waals surface area contributed by atoms with Crippen LogP contribution in [0.4, 0.5) is 0 Å². The summed E-state index contributed by atoms with van der Waals surface area (Å²) < 4.78 is -0.117. The molecule has 0 heterocycles. The lowest BCUT2D eigenvalue weighted by atomic mass is 10.0.